The maximum Gasteiger partial charge on any atom is 0.247 e. The lowest BCUT2D eigenvalue weighted by molar-refractivity contribution is 0.322. The first-order valence-electron chi connectivity index (χ1n) is 7.43. The van der Waals surface area contributed by atoms with Crippen LogP contribution in [0.2, 0.25) is 5.22 Å². The van der Waals surface area contributed by atoms with Crippen LogP contribution in [0.5, 0.6) is 0 Å². The van der Waals surface area contributed by atoms with Gasteiger partial charge in [-0.15, -0.1) is 0 Å². The third-order valence-electron chi connectivity index (χ3n) is 3.63. The van der Waals surface area contributed by atoms with Gasteiger partial charge in [0.25, 0.3) is 0 Å². The van der Waals surface area contributed by atoms with Crippen LogP contribution in [0.15, 0.2) is 45.9 Å². The van der Waals surface area contributed by atoms with Crippen molar-refractivity contribution in [3.63, 3.8) is 0 Å². The average Bonchev–Trinajstić information content (AvgIpc) is 3.11. The van der Waals surface area contributed by atoms with Gasteiger partial charge in [-0.05, 0) is 41.4 Å². The van der Waals surface area contributed by atoms with Gasteiger partial charge in [-0.25, -0.2) is 16.8 Å². The van der Waals surface area contributed by atoms with Gasteiger partial charge in [-0.3, -0.25) is 4.72 Å². The molecule has 11 heteroatoms. The largest absolute Gasteiger partial charge is 0.447 e. The molecule has 0 bridgehead atoms. The van der Waals surface area contributed by atoms with Crippen LogP contribution in [0.4, 0.5) is 5.69 Å². The molecule has 26 heavy (non-hydrogen) atoms. The Morgan fingerprint density at radius 2 is 1.92 bits per heavy atom. The number of nitrogens with zero attached hydrogens (tertiary/aromatic N) is 2. The molecule has 0 fully saturated rings. The predicted molar refractivity (Wildman–Crippen MR) is 99.2 cm³/mol. The fraction of sp³-hybridized carbons (Fsp3) is 0.267. The highest BCUT2D eigenvalue weighted by Gasteiger charge is 2.36. The summed E-state index contributed by atoms with van der Waals surface area (Å²) in [6, 6.07) is 9.06. The Labute approximate surface area is 156 Å². The van der Waals surface area contributed by atoms with E-state index in [1.807, 2.05) is 0 Å². The zero-order valence-electron chi connectivity index (χ0n) is 13.9. The Balaban J connectivity index is 1.97. The van der Waals surface area contributed by atoms with Gasteiger partial charge in [-0.2, -0.15) is 9.52 Å². The number of hydrazone groups is 1. The minimum Gasteiger partial charge on any atom is -0.447 e. The molecule has 0 amide bonds. The highest BCUT2D eigenvalue weighted by molar-refractivity contribution is 7.92. The van der Waals surface area contributed by atoms with Gasteiger partial charge < -0.3 is 4.42 Å². The number of hydrogen-bond acceptors (Lipinski definition) is 6. The zero-order chi connectivity index (χ0) is 19.1. The summed E-state index contributed by atoms with van der Waals surface area (Å²) in [5.41, 5.74) is 1.46. The Morgan fingerprint density at radius 1 is 1.19 bits per heavy atom. The molecule has 140 valence electrons. The highest BCUT2D eigenvalue weighted by atomic mass is 35.5. The second-order valence-electron chi connectivity index (χ2n) is 5.90. The van der Waals surface area contributed by atoms with Crippen LogP contribution in [-0.4, -0.2) is 39.5 Å². The van der Waals surface area contributed by atoms with Crippen molar-refractivity contribution in [3.8, 4) is 0 Å². The Kier molecular flexibility index (Phi) is 4.76. The second-order valence-corrected chi connectivity index (χ2v) is 9.86. The maximum atomic E-state index is 12.1. The van der Waals surface area contributed by atoms with E-state index < -0.39 is 26.1 Å². The summed E-state index contributed by atoms with van der Waals surface area (Å²) >= 11 is 5.80. The van der Waals surface area contributed by atoms with Gasteiger partial charge in [0.05, 0.1) is 18.2 Å². The number of hydrogen-bond donors (Lipinski definition) is 1. The van der Waals surface area contributed by atoms with Crippen LogP contribution in [0.3, 0.4) is 0 Å². The molecule has 1 N–H and O–H groups in total. The van der Waals surface area contributed by atoms with Crippen molar-refractivity contribution < 1.29 is 21.3 Å². The lowest BCUT2D eigenvalue weighted by Crippen LogP contribution is -2.25. The first kappa shape index (κ1) is 18.7. The van der Waals surface area contributed by atoms with Crippen LogP contribution in [-0.2, 0) is 20.0 Å². The molecule has 1 aromatic carbocycles. The molecule has 2 heterocycles. The molecule has 0 spiro atoms. The maximum absolute atomic E-state index is 12.1. The van der Waals surface area contributed by atoms with Gasteiger partial charge in [0, 0.05) is 12.1 Å². The van der Waals surface area contributed by atoms with Crippen molar-refractivity contribution in [1.82, 2.24) is 4.41 Å². The van der Waals surface area contributed by atoms with E-state index >= 15 is 0 Å². The van der Waals surface area contributed by atoms with Crippen LogP contribution >= 0.6 is 11.6 Å². The number of rotatable bonds is 5. The van der Waals surface area contributed by atoms with Crippen molar-refractivity contribution in [3.05, 3.63) is 52.9 Å². The predicted octanol–water partition coefficient (Wildman–Crippen LogP) is 2.42. The lowest BCUT2D eigenvalue weighted by atomic mass is 10.0. The minimum absolute atomic E-state index is 0.154. The molecule has 0 saturated carbocycles. The molecule has 2 aromatic rings. The smallest absolute Gasteiger partial charge is 0.247 e. The number of anilines is 1. The number of furan rings is 1. The molecule has 0 aliphatic carbocycles. The van der Waals surface area contributed by atoms with E-state index in [4.69, 9.17) is 16.0 Å². The molecule has 0 radical (unpaired) electrons. The molecular weight excluding hydrogens is 402 g/mol. The van der Waals surface area contributed by atoms with E-state index in [1.165, 1.54) is 6.07 Å². The molecule has 1 unspecified atom stereocenters. The number of halogens is 1. The van der Waals surface area contributed by atoms with Gasteiger partial charge in [-0.1, -0.05) is 12.1 Å². The van der Waals surface area contributed by atoms with Crippen molar-refractivity contribution in [2.24, 2.45) is 5.10 Å². The van der Waals surface area contributed by atoms with Gasteiger partial charge in [0.15, 0.2) is 5.22 Å². The number of benzene rings is 1. The number of sulfonamides is 2. The molecular formula is C15H16ClN3O5S2. The molecule has 1 aromatic heterocycles. The quantitative estimate of drug-likeness (QED) is 0.803. The zero-order valence-corrected chi connectivity index (χ0v) is 16.3. The summed E-state index contributed by atoms with van der Waals surface area (Å²) in [5, 5.41) is 4.37. The summed E-state index contributed by atoms with van der Waals surface area (Å²) in [7, 11) is -7.07. The minimum atomic E-state index is -3.64. The summed E-state index contributed by atoms with van der Waals surface area (Å²) in [6.45, 7) is 0. The van der Waals surface area contributed by atoms with Crippen molar-refractivity contribution in [2.75, 3.05) is 17.2 Å². The standard InChI is InChI=1S/C15H16ClN3O5S2/c1-25(20,21)18-11-5-3-4-10(8-11)12-9-13(14-6-7-15(16)24-14)19(17-12)26(2,22)23/h3-8,13,18H,9H2,1-2H3. The summed E-state index contributed by atoms with van der Waals surface area (Å²) < 4.78 is 55.7. The van der Waals surface area contributed by atoms with E-state index in [0.29, 0.717) is 22.7 Å². The molecule has 1 atom stereocenters. The first-order valence-corrected chi connectivity index (χ1v) is 11.5. The van der Waals surface area contributed by atoms with Crippen LogP contribution < -0.4 is 4.72 Å². The van der Waals surface area contributed by atoms with Gasteiger partial charge in [0.1, 0.15) is 11.8 Å². The molecule has 1 aliphatic rings. The van der Waals surface area contributed by atoms with E-state index in [1.54, 1.807) is 30.3 Å². The molecule has 1 aliphatic heterocycles. The second kappa shape index (κ2) is 6.60. The molecule has 0 saturated heterocycles. The third-order valence-corrected chi connectivity index (χ3v) is 5.46. The number of nitrogens with one attached hydrogen (secondary N) is 1. The topological polar surface area (TPSA) is 109 Å². The van der Waals surface area contributed by atoms with Gasteiger partial charge >= 0.3 is 0 Å². The van der Waals surface area contributed by atoms with Gasteiger partial charge in [0.2, 0.25) is 20.0 Å². The fourth-order valence-electron chi connectivity index (χ4n) is 2.66. The first-order chi connectivity index (χ1) is 12.0. The Hall–Kier alpha value is -2.04. The third kappa shape index (κ3) is 4.19. The SMILES string of the molecule is CS(=O)(=O)Nc1cccc(C2=NN(S(C)(=O)=O)C(c3ccc(Cl)o3)C2)c1. The van der Waals surface area contributed by atoms with Crippen LogP contribution in [0.25, 0.3) is 0 Å². The van der Waals surface area contributed by atoms with Crippen LogP contribution in [0.1, 0.15) is 23.8 Å². The average molecular weight is 418 g/mol. The van der Waals surface area contributed by atoms with E-state index in [-0.39, 0.29) is 11.6 Å². The summed E-state index contributed by atoms with van der Waals surface area (Å²) in [4.78, 5) is 0. The van der Waals surface area contributed by atoms with Crippen molar-refractivity contribution in [2.45, 2.75) is 12.5 Å². The van der Waals surface area contributed by atoms with E-state index in [2.05, 4.69) is 9.82 Å². The van der Waals surface area contributed by atoms with Crippen LogP contribution in [0, 0.1) is 0 Å². The Bertz CT molecular complexity index is 1080. The summed E-state index contributed by atoms with van der Waals surface area (Å²) in [6.07, 6.45) is 2.37. The normalized spacial score (nSPS) is 18.0. The highest BCUT2D eigenvalue weighted by Crippen LogP contribution is 2.36. The Morgan fingerprint density at radius 3 is 2.50 bits per heavy atom. The van der Waals surface area contributed by atoms with E-state index in [9.17, 15) is 16.8 Å². The monoisotopic (exact) mass is 417 g/mol. The lowest BCUT2D eigenvalue weighted by Gasteiger charge is -2.18. The molecule has 8 nitrogen and oxygen atoms in total. The summed E-state index contributed by atoms with van der Waals surface area (Å²) in [5.74, 6) is 0.379. The van der Waals surface area contributed by atoms with Crippen molar-refractivity contribution in [1.29, 1.82) is 0 Å². The molecule has 3 rings (SSSR count). The fourth-order valence-corrected chi connectivity index (χ4v) is 4.26. The van der Waals surface area contributed by atoms with Crippen molar-refractivity contribution >= 4 is 43.0 Å². The van der Waals surface area contributed by atoms with E-state index in [0.717, 1.165) is 16.9 Å².